The molecule has 1 aromatic heterocycles. The predicted molar refractivity (Wildman–Crippen MR) is 113 cm³/mol. The van der Waals surface area contributed by atoms with Gasteiger partial charge in [-0.3, -0.25) is 0 Å². The third-order valence-electron chi connectivity index (χ3n) is 5.41. The number of aromatic nitrogens is 1. The third kappa shape index (κ3) is 3.69. The molecule has 2 aliphatic heterocycles. The van der Waals surface area contributed by atoms with Crippen LogP contribution in [0.5, 0.6) is 0 Å². The van der Waals surface area contributed by atoms with Crippen LogP contribution in [0.1, 0.15) is 37.8 Å². The van der Waals surface area contributed by atoms with Crippen LogP contribution in [0.3, 0.4) is 0 Å². The second-order valence-corrected chi connectivity index (χ2v) is 7.98. The minimum atomic E-state index is 0.329. The molecule has 1 N–H and O–H groups in total. The largest absolute Gasteiger partial charge is 0.368 e. The van der Waals surface area contributed by atoms with E-state index in [9.17, 15) is 0 Å². The maximum atomic E-state index is 4.94. The summed E-state index contributed by atoms with van der Waals surface area (Å²) in [4.78, 5) is 14.1. The van der Waals surface area contributed by atoms with E-state index in [0.717, 1.165) is 35.9 Å². The summed E-state index contributed by atoms with van der Waals surface area (Å²) in [7, 11) is 2.04. The van der Waals surface area contributed by atoms with Gasteiger partial charge >= 0.3 is 0 Å². The minimum Gasteiger partial charge on any atom is -0.368 e. The summed E-state index contributed by atoms with van der Waals surface area (Å²) in [5, 5.41) is 3.51. The molecule has 2 aliphatic rings. The van der Waals surface area contributed by atoms with E-state index in [0.29, 0.717) is 12.0 Å². The number of hydrogen-bond donors (Lipinski definition) is 1. The highest BCUT2D eigenvalue weighted by Gasteiger charge is 2.26. The van der Waals surface area contributed by atoms with Gasteiger partial charge in [-0.15, -0.1) is 0 Å². The number of benzene rings is 1. The highest BCUT2D eigenvalue weighted by molar-refractivity contribution is 5.76. The first-order valence-corrected chi connectivity index (χ1v) is 9.91. The Hall–Kier alpha value is -2.40. The molecule has 0 saturated carbocycles. The van der Waals surface area contributed by atoms with Crippen LogP contribution in [-0.4, -0.2) is 53.8 Å². The Labute approximate surface area is 162 Å². The molecular weight excluding hydrogens is 334 g/mol. The average Bonchev–Trinajstić information content (AvgIpc) is 2.61. The summed E-state index contributed by atoms with van der Waals surface area (Å²) < 4.78 is 0. The van der Waals surface area contributed by atoms with E-state index < -0.39 is 0 Å². The van der Waals surface area contributed by atoms with Crippen molar-refractivity contribution in [3.05, 3.63) is 41.5 Å². The number of anilines is 1. The average molecular weight is 364 g/mol. The second-order valence-electron chi connectivity index (χ2n) is 7.98. The van der Waals surface area contributed by atoms with E-state index in [-0.39, 0.29) is 0 Å². The number of fused-ring (bicyclic) bond motifs is 1. The van der Waals surface area contributed by atoms with Crippen molar-refractivity contribution < 1.29 is 0 Å². The van der Waals surface area contributed by atoms with E-state index >= 15 is 0 Å². The van der Waals surface area contributed by atoms with Gasteiger partial charge in [-0.1, -0.05) is 31.2 Å². The Morgan fingerprint density at radius 3 is 2.59 bits per heavy atom. The Bertz CT molecular complexity index is 835. The quantitative estimate of drug-likeness (QED) is 0.869. The van der Waals surface area contributed by atoms with Crippen LogP contribution in [0.4, 0.5) is 11.5 Å². The van der Waals surface area contributed by atoms with Crippen LogP contribution >= 0.6 is 0 Å². The first-order valence-electron chi connectivity index (χ1n) is 9.91. The van der Waals surface area contributed by atoms with E-state index in [1.165, 1.54) is 24.2 Å². The van der Waals surface area contributed by atoms with Gasteiger partial charge in [0, 0.05) is 49.8 Å². The van der Waals surface area contributed by atoms with E-state index in [1.807, 2.05) is 13.4 Å². The topological polar surface area (TPSA) is 43.8 Å². The zero-order valence-electron chi connectivity index (χ0n) is 16.7. The summed E-state index contributed by atoms with van der Waals surface area (Å²) in [5.41, 5.74) is 5.75. The number of aliphatic imine (C=N–C) groups is 1. The predicted octanol–water partition coefficient (Wildman–Crippen LogP) is 4.09. The number of pyridine rings is 1. The molecule has 4 rings (SSSR count). The summed E-state index contributed by atoms with van der Waals surface area (Å²) in [6, 6.07) is 11.4. The molecule has 2 aromatic rings. The molecule has 142 valence electrons. The van der Waals surface area contributed by atoms with Crippen LogP contribution < -0.4 is 5.32 Å². The number of nitrogens with zero attached hydrogens (tertiary/aromatic N) is 4. The summed E-state index contributed by atoms with van der Waals surface area (Å²) in [6.45, 7) is 10.8. The fraction of sp³-hybridized carbons (Fsp3) is 0.455. The standard InChI is InChI=1S/C22H29N5/c1-5-27-11-18(12-27)16-6-8-17(9-7-16)20-10-21-19(13-26(4)14-23-21)22(25-20)24-15(2)3/h6-10,14-15,18H,5,11-13H2,1-4H3,(H,24,25). The monoisotopic (exact) mass is 363 g/mol. The van der Waals surface area contributed by atoms with Crippen molar-refractivity contribution in [3.63, 3.8) is 0 Å². The molecular formula is C22H29N5. The summed E-state index contributed by atoms with van der Waals surface area (Å²) >= 11 is 0. The molecule has 0 amide bonds. The lowest BCUT2D eigenvalue weighted by molar-refractivity contribution is 0.157. The van der Waals surface area contributed by atoms with Gasteiger partial charge < -0.3 is 15.1 Å². The van der Waals surface area contributed by atoms with Gasteiger partial charge in [0.25, 0.3) is 0 Å². The van der Waals surface area contributed by atoms with Crippen LogP contribution in [-0.2, 0) is 6.54 Å². The molecule has 0 aliphatic carbocycles. The molecule has 0 atom stereocenters. The summed E-state index contributed by atoms with van der Waals surface area (Å²) in [5.74, 6) is 1.62. The molecule has 27 heavy (non-hydrogen) atoms. The molecule has 5 nitrogen and oxygen atoms in total. The second kappa shape index (κ2) is 7.31. The molecule has 0 bridgehead atoms. The Morgan fingerprint density at radius 2 is 1.93 bits per heavy atom. The van der Waals surface area contributed by atoms with E-state index in [4.69, 9.17) is 4.98 Å². The van der Waals surface area contributed by atoms with Crippen molar-refractivity contribution in [3.8, 4) is 11.3 Å². The van der Waals surface area contributed by atoms with Gasteiger partial charge in [0.05, 0.1) is 17.7 Å². The number of likely N-dealkylation sites (N-methyl/N-ethyl adjacent to an activating group) is 1. The highest BCUT2D eigenvalue weighted by atomic mass is 15.2. The normalized spacial score (nSPS) is 17.1. The summed E-state index contributed by atoms with van der Waals surface area (Å²) in [6.07, 6.45) is 1.89. The van der Waals surface area contributed by atoms with Crippen molar-refractivity contribution in [2.75, 3.05) is 32.0 Å². The molecule has 1 fully saturated rings. The zero-order chi connectivity index (χ0) is 19.0. The van der Waals surface area contributed by atoms with Gasteiger partial charge in [-0.05, 0) is 32.0 Å². The van der Waals surface area contributed by atoms with Gasteiger partial charge in [0.2, 0.25) is 0 Å². The van der Waals surface area contributed by atoms with E-state index in [2.05, 4.69) is 71.2 Å². The van der Waals surface area contributed by atoms with Crippen molar-refractivity contribution in [1.29, 1.82) is 0 Å². The van der Waals surface area contributed by atoms with Crippen molar-refractivity contribution in [1.82, 2.24) is 14.8 Å². The third-order valence-corrected chi connectivity index (χ3v) is 5.41. The fourth-order valence-corrected chi connectivity index (χ4v) is 3.79. The lowest BCUT2D eigenvalue weighted by Crippen LogP contribution is -2.44. The van der Waals surface area contributed by atoms with Gasteiger partial charge in [0.15, 0.2) is 0 Å². The zero-order valence-corrected chi connectivity index (χ0v) is 16.7. The highest BCUT2D eigenvalue weighted by Crippen LogP contribution is 2.35. The molecule has 1 aromatic carbocycles. The van der Waals surface area contributed by atoms with Gasteiger partial charge in [-0.2, -0.15) is 0 Å². The first kappa shape index (κ1) is 18.0. The molecule has 5 heteroatoms. The SMILES string of the molecule is CCN1CC(c2ccc(-c3cc4c(c(NC(C)C)n3)CN(C)C=N4)cc2)C1. The molecule has 3 heterocycles. The van der Waals surface area contributed by atoms with Gasteiger partial charge in [0.1, 0.15) is 5.82 Å². The minimum absolute atomic E-state index is 0.329. The lowest BCUT2D eigenvalue weighted by Gasteiger charge is -2.38. The Kier molecular flexibility index (Phi) is 4.87. The Balaban J connectivity index is 1.63. The van der Waals surface area contributed by atoms with Gasteiger partial charge in [-0.25, -0.2) is 9.98 Å². The molecule has 1 saturated heterocycles. The molecule has 0 radical (unpaired) electrons. The number of nitrogens with one attached hydrogen (secondary N) is 1. The van der Waals surface area contributed by atoms with Crippen molar-refractivity contribution in [2.45, 2.75) is 39.3 Å². The van der Waals surface area contributed by atoms with Crippen molar-refractivity contribution in [2.24, 2.45) is 4.99 Å². The smallest absolute Gasteiger partial charge is 0.134 e. The maximum absolute atomic E-state index is 4.94. The lowest BCUT2D eigenvalue weighted by atomic mass is 9.90. The molecule has 0 unspecified atom stereocenters. The number of likely N-dealkylation sites (tertiary alicyclic amines) is 1. The van der Waals surface area contributed by atoms with E-state index in [1.54, 1.807) is 0 Å². The van der Waals surface area contributed by atoms with Crippen LogP contribution in [0.15, 0.2) is 35.3 Å². The number of rotatable bonds is 5. The van der Waals surface area contributed by atoms with Crippen LogP contribution in [0.25, 0.3) is 11.3 Å². The molecule has 0 spiro atoms. The fourth-order valence-electron chi connectivity index (χ4n) is 3.79. The van der Waals surface area contributed by atoms with Crippen LogP contribution in [0.2, 0.25) is 0 Å². The first-order chi connectivity index (χ1) is 13.0. The maximum Gasteiger partial charge on any atom is 0.134 e. The number of hydrogen-bond acceptors (Lipinski definition) is 5. The van der Waals surface area contributed by atoms with Crippen LogP contribution in [0, 0.1) is 0 Å². The van der Waals surface area contributed by atoms with Crippen molar-refractivity contribution >= 4 is 17.8 Å². The Morgan fingerprint density at radius 1 is 1.19 bits per heavy atom.